The van der Waals surface area contributed by atoms with Crippen molar-refractivity contribution in [1.29, 1.82) is 0 Å². The zero-order valence-corrected chi connectivity index (χ0v) is 12.3. The van der Waals surface area contributed by atoms with Crippen LogP contribution in [0.25, 0.3) is 5.52 Å². The largest absolute Gasteiger partial charge is 0.487 e. The van der Waals surface area contributed by atoms with Gasteiger partial charge in [-0.15, -0.1) is 0 Å². The molecule has 120 valence electrons. The minimum absolute atomic E-state index is 0.174. The van der Waals surface area contributed by atoms with E-state index in [1.165, 1.54) is 4.52 Å². The molecule has 0 saturated heterocycles. The Kier molecular flexibility index (Phi) is 4.23. The van der Waals surface area contributed by atoms with Gasteiger partial charge in [-0.05, 0) is 23.8 Å². The molecule has 0 aliphatic carbocycles. The fourth-order valence-corrected chi connectivity index (χ4v) is 2.38. The van der Waals surface area contributed by atoms with E-state index in [1.807, 2.05) is 30.3 Å². The van der Waals surface area contributed by atoms with Gasteiger partial charge in [-0.25, -0.2) is 4.52 Å². The van der Waals surface area contributed by atoms with Gasteiger partial charge in [0.05, 0.1) is 11.2 Å². The fourth-order valence-electron chi connectivity index (χ4n) is 2.38. The lowest BCUT2D eigenvalue weighted by Gasteiger charge is -2.14. The molecule has 3 aromatic rings. The van der Waals surface area contributed by atoms with E-state index in [-0.39, 0.29) is 6.42 Å². The first-order valence-electron chi connectivity index (χ1n) is 7.22. The Morgan fingerprint density at radius 2 is 1.78 bits per heavy atom. The molecule has 0 bridgehead atoms. The number of ether oxygens (including phenoxy) is 1. The molecule has 2 aromatic heterocycles. The molecule has 23 heavy (non-hydrogen) atoms. The standard InChI is InChI=1S/C17H15F3N2O/c18-17(19,20)10-8-15-16(7-6-14-9-11-21-22(14)15)23-12-13-4-2-1-3-5-13/h1-7,9,11H,8,10,12H2. The molecule has 3 rings (SSSR count). The Bertz CT molecular complexity index is 781. The molecule has 0 saturated carbocycles. The van der Waals surface area contributed by atoms with Crippen LogP contribution in [-0.2, 0) is 13.0 Å². The predicted octanol–water partition coefficient (Wildman–Crippen LogP) is 4.41. The Morgan fingerprint density at radius 1 is 1.00 bits per heavy atom. The van der Waals surface area contributed by atoms with Crippen molar-refractivity contribution in [3.63, 3.8) is 0 Å². The van der Waals surface area contributed by atoms with Gasteiger partial charge in [-0.1, -0.05) is 30.3 Å². The Labute approximate surface area is 131 Å². The van der Waals surface area contributed by atoms with Gasteiger partial charge >= 0.3 is 6.18 Å². The van der Waals surface area contributed by atoms with E-state index in [0.29, 0.717) is 18.1 Å². The van der Waals surface area contributed by atoms with Gasteiger partial charge in [0, 0.05) is 19.0 Å². The average Bonchev–Trinajstić information content (AvgIpc) is 3.00. The van der Waals surface area contributed by atoms with Crippen LogP contribution in [0, 0.1) is 0 Å². The van der Waals surface area contributed by atoms with E-state index in [0.717, 1.165) is 11.1 Å². The second-order valence-corrected chi connectivity index (χ2v) is 5.20. The predicted molar refractivity (Wildman–Crippen MR) is 80.3 cm³/mol. The van der Waals surface area contributed by atoms with Gasteiger partial charge in [-0.2, -0.15) is 18.3 Å². The maximum absolute atomic E-state index is 12.6. The molecule has 0 N–H and O–H groups in total. The summed E-state index contributed by atoms with van der Waals surface area (Å²) in [4.78, 5) is 0. The number of pyridine rings is 1. The van der Waals surface area contributed by atoms with Crippen LogP contribution in [0.15, 0.2) is 54.7 Å². The molecule has 0 aliphatic rings. The number of aryl methyl sites for hydroxylation is 1. The SMILES string of the molecule is FC(F)(F)CCc1c(OCc2ccccc2)ccc2ccnn12. The van der Waals surface area contributed by atoms with E-state index in [9.17, 15) is 13.2 Å². The molecule has 0 spiro atoms. The average molecular weight is 320 g/mol. The lowest BCUT2D eigenvalue weighted by molar-refractivity contribution is -0.134. The number of alkyl halides is 3. The van der Waals surface area contributed by atoms with E-state index < -0.39 is 12.6 Å². The van der Waals surface area contributed by atoms with Crippen LogP contribution in [0.2, 0.25) is 0 Å². The molecule has 0 amide bonds. The van der Waals surface area contributed by atoms with Gasteiger partial charge in [-0.3, -0.25) is 0 Å². The summed E-state index contributed by atoms with van der Waals surface area (Å²) in [5.41, 5.74) is 2.13. The van der Waals surface area contributed by atoms with Gasteiger partial charge in [0.1, 0.15) is 12.4 Å². The van der Waals surface area contributed by atoms with Crippen LogP contribution < -0.4 is 4.74 Å². The van der Waals surface area contributed by atoms with Crippen molar-refractivity contribution in [1.82, 2.24) is 9.61 Å². The summed E-state index contributed by atoms with van der Waals surface area (Å²) in [5, 5.41) is 4.10. The normalized spacial score (nSPS) is 11.8. The molecule has 0 radical (unpaired) electrons. The second kappa shape index (κ2) is 6.32. The third kappa shape index (κ3) is 3.83. The minimum atomic E-state index is -4.22. The Balaban J connectivity index is 1.86. The highest BCUT2D eigenvalue weighted by Gasteiger charge is 2.28. The quantitative estimate of drug-likeness (QED) is 0.696. The number of rotatable bonds is 5. The number of fused-ring (bicyclic) bond motifs is 1. The summed E-state index contributed by atoms with van der Waals surface area (Å²) in [6.07, 6.45) is -3.74. The van der Waals surface area contributed by atoms with Crippen LogP contribution >= 0.6 is 0 Å². The molecule has 0 aliphatic heterocycles. The summed E-state index contributed by atoms with van der Waals surface area (Å²) in [7, 11) is 0. The third-order valence-electron chi connectivity index (χ3n) is 3.50. The lowest BCUT2D eigenvalue weighted by atomic mass is 10.2. The molecular weight excluding hydrogens is 305 g/mol. The lowest BCUT2D eigenvalue weighted by Crippen LogP contribution is -2.12. The van der Waals surface area contributed by atoms with Crippen LogP contribution in [-0.4, -0.2) is 15.8 Å². The van der Waals surface area contributed by atoms with Crippen molar-refractivity contribution in [3.05, 3.63) is 66.0 Å². The molecular formula is C17H15F3N2O. The van der Waals surface area contributed by atoms with Crippen molar-refractivity contribution in [2.24, 2.45) is 0 Å². The van der Waals surface area contributed by atoms with Crippen molar-refractivity contribution in [2.75, 3.05) is 0 Å². The van der Waals surface area contributed by atoms with E-state index in [2.05, 4.69) is 5.10 Å². The van der Waals surface area contributed by atoms with E-state index in [4.69, 9.17) is 4.74 Å². The van der Waals surface area contributed by atoms with Gasteiger partial charge in [0.25, 0.3) is 0 Å². The van der Waals surface area contributed by atoms with Gasteiger partial charge in [0.2, 0.25) is 0 Å². The third-order valence-corrected chi connectivity index (χ3v) is 3.50. The van der Waals surface area contributed by atoms with Crippen molar-refractivity contribution in [3.8, 4) is 5.75 Å². The highest BCUT2D eigenvalue weighted by molar-refractivity contribution is 5.50. The summed E-state index contributed by atoms with van der Waals surface area (Å²) in [5.74, 6) is 0.425. The topological polar surface area (TPSA) is 26.5 Å². The summed E-state index contributed by atoms with van der Waals surface area (Å²) in [6, 6.07) is 14.7. The number of aromatic nitrogens is 2. The Hall–Kier alpha value is -2.50. The first kappa shape index (κ1) is 15.4. The van der Waals surface area contributed by atoms with Gasteiger partial charge in [0.15, 0.2) is 0 Å². The minimum Gasteiger partial charge on any atom is -0.487 e. The van der Waals surface area contributed by atoms with Crippen LogP contribution in [0.5, 0.6) is 5.75 Å². The first-order valence-corrected chi connectivity index (χ1v) is 7.22. The highest BCUT2D eigenvalue weighted by Crippen LogP contribution is 2.27. The van der Waals surface area contributed by atoms with Gasteiger partial charge < -0.3 is 4.74 Å². The number of benzene rings is 1. The maximum Gasteiger partial charge on any atom is 0.389 e. The highest BCUT2D eigenvalue weighted by atomic mass is 19.4. The number of nitrogens with zero attached hydrogens (tertiary/aromatic N) is 2. The maximum atomic E-state index is 12.6. The smallest absolute Gasteiger partial charge is 0.389 e. The molecule has 6 heteroatoms. The summed E-state index contributed by atoms with van der Waals surface area (Å²) >= 11 is 0. The van der Waals surface area contributed by atoms with Crippen LogP contribution in [0.4, 0.5) is 13.2 Å². The molecule has 3 nitrogen and oxygen atoms in total. The van der Waals surface area contributed by atoms with E-state index in [1.54, 1.807) is 24.4 Å². The summed E-state index contributed by atoms with van der Waals surface area (Å²) < 4.78 is 45.0. The number of hydrogen-bond donors (Lipinski definition) is 0. The first-order chi connectivity index (χ1) is 11.0. The molecule has 0 unspecified atom stereocenters. The van der Waals surface area contributed by atoms with Crippen molar-refractivity contribution >= 4 is 5.52 Å². The van der Waals surface area contributed by atoms with Crippen molar-refractivity contribution in [2.45, 2.75) is 25.6 Å². The second-order valence-electron chi connectivity index (χ2n) is 5.20. The van der Waals surface area contributed by atoms with Crippen LogP contribution in [0.3, 0.4) is 0 Å². The van der Waals surface area contributed by atoms with Crippen LogP contribution in [0.1, 0.15) is 17.7 Å². The van der Waals surface area contributed by atoms with E-state index >= 15 is 0 Å². The number of hydrogen-bond acceptors (Lipinski definition) is 2. The molecule has 2 heterocycles. The molecule has 0 fully saturated rings. The molecule has 1 aromatic carbocycles. The van der Waals surface area contributed by atoms with Crippen molar-refractivity contribution < 1.29 is 17.9 Å². The number of halogens is 3. The Morgan fingerprint density at radius 3 is 2.52 bits per heavy atom. The zero-order chi connectivity index (χ0) is 16.3. The monoisotopic (exact) mass is 320 g/mol. The fraction of sp³-hybridized carbons (Fsp3) is 0.235. The zero-order valence-electron chi connectivity index (χ0n) is 12.3. The summed E-state index contributed by atoms with van der Waals surface area (Å²) in [6.45, 7) is 0.298. The molecule has 0 atom stereocenters.